The van der Waals surface area contributed by atoms with Crippen molar-refractivity contribution in [3.63, 3.8) is 0 Å². The van der Waals surface area contributed by atoms with E-state index >= 15 is 0 Å². The van der Waals surface area contributed by atoms with Gasteiger partial charge in [0.1, 0.15) is 11.5 Å². The smallest absolute Gasteiger partial charge is 0.270 e. The Morgan fingerprint density at radius 3 is 2.93 bits per heavy atom. The number of halogens is 1. The normalized spacial score (nSPS) is 20.3. The van der Waals surface area contributed by atoms with Gasteiger partial charge in [0.15, 0.2) is 0 Å². The summed E-state index contributed by atoms with van der Waals surface area (Å²) >= 11 is 0. The average molecular weight is 370 g/mol. The molecular formula is C21H27FN4O. The van der Waals surface area contributed by atoms with Crippen LogP contribution in [-0.4, -0.2) is 39.7 Å². The SMILES string of the molecule is Cn1nc2c(c1C(=O)NC1CCCN(Cc3ccccc3F)C1)CCCC2. The van der Waals surface area contributed by atoms with Gasteiger partial charge in [-0.3, -0.25) is 14.4 Å². The summed E-state index contributed by atoms with van der Waals surface area (Å²) in [5.41, 5.74) is 3.64. The Morgan fingerprint density at radius 2 is 2.07 bits per heavy atom. The minimum atomic E-state index is -0.162. The molecule has 2 heterocycles. The van der Waals surface area contributed by atoms with Crippen LogP contribution in [0, 0.1) is 5.82 Å². The molecule has 1 aliphatic heterocycles. The fourth-order valence-corrected chi connectivity index (χ4v) is 4.40. The molecule has 0 radical (unpaired) electrons. The molecule has 0 spiro atoms. The molecule has 1 fully saturated rings. The maximum absolute atomic E-state index is 13.9. The number of piperidine rings is 1. The molecule has 1 aliphatic carbocycles. The summed E-state index contributed by atoms with van der Waals surface area (Å²) < 4.78 is 15.7. The molecule has 4 rings (SSSR count). The molecule has 27 heavy (non-hydrogen) atoms. The minimum absolute atomic E-state index is 0.0223. The van der Waals surface area contributed by atoms with Gasteiger partial charge in [-0.2, -0.15) is 5.10 Å². The lowest BCUT2D eigenvalue weighted by atomic mass is 9.95. The number of amides is 1. The highest BCUT2D eigenvalue weighted by Crippen LogP contribution is 2.24. The maximum atomic E-state index is 13.9. The number of hydrogen-bond acceptors (Lipinski definition) is 3. The molecule has 2 aromatic rings. The summed E-state index contributed by atoms with van der Waals surface area (Å²) in [4.78, 5) is 15.2. The summed E-state index contributed by atoms with van der Waals surface area (Å²) in [5, 5.41) is 7.76. The van der Waals surface area contributed by atoms with Crippen LogP contribution in [0.4, 0.5) is 4.39 Å². The van der Waals surface area contributed by atoms with Gasteiger partial charge in [-0.05, 0) is 51.1 Å². The lowest BCUT2D eigenvalue weighted by molar-refractivity contribution is 0.0889. The Balaban J connectivity index is 1.42. The van der Waals surface area contributed by atoms with E-state index in [1.807, 2.05) is 19.2 Å². The summed E-state index contributed by atoms with van der Waals surface area (Å²) in [5.74, 6) is -0.184. The highest BCUT2D eigenvalue weighted by molar-refractivity contribution is 5.94. The van der Waals surface area contributed by atoms with Crippen LogP contribution in [0.3, 0.4) is 0 Å². The van der Waals surface area contributed by atoms with Crippen LogP contribution in [0.25, 0.3) is 0 Å². The van der Waals surface area contributed by atoms with E-state index in [-0.39, 0.29) is 17.8 Å². The molecule has 5 nitrogen and oxygen atoms in total. The quantitative estimate of drug-likeness (QED) is 0.900. The zero-order chi connectivity index (χ0) is 18.8. The van der Waals surface area contributed by atoms with Crippen molar-refractivity contribution in [2.24, 2.45) is 7.05 Å². The molecule has 0 saturated carbocycles. The highest BCUT2D eigenvalue weighted by atomic mass is 19.1. The van der Waals surface area contributed by atoms with Gasteiger partial charge < -0.3 is 5.32 Å². The van der Waals surface area contributed by atoms with Gasteiger partial charge in [-0.1, -0.05) is 18.2 Å². The molecule has 6 heteroatoms. The Labute approximate surface area is 159 Å². The largest absolute Gasteiger partial charge is 0.347 e. The molecule has 1 N–H and O–H groups in total. The van der Waals surface area contributed by atoms with E-state index < -0.39 is 0 Å². The Kier molecular flexibility index (Phi) is 5.25. The lowest BCUT2D eigenvalue weighted by Gasteiger charge is -2.33. The highest BCUT2D eigenvalue weighted by Gasteiger charge is 2.27. The molecule has 1 amide bonds. The van der Waals surface area contributed by atoms with Gasteiger partial charge in [0.2, 0.25) is 0 Å². The zero-order valence-corrected chi connectivity index (χ0v) is 15.9. The number of benzene rings is 1. The van der Waals surface area contributed by atoms with Gasteiger partial charge in [-0.25, -0.2) is 4.39 Å². The van der Waals surface area contributed by atoms with Crippen molar-refractivity contribution in [3.8, 4) is 0 Å². The van der Waals surface area contributed by atoms with E-state index in [0.717, 1.165) is 68.6 Å². The van der Waals surface area contributed by atoms with Gasteiger partial charge in [-0.15, -0.1) is 0 Å². The Bertz CT molecular complexity index is 832. The van der Waals surface area contributed by atoms with Crippen molar-refractivity contribution in [2.45, 2.75) is 51.1 Å². The third-order valence-electron chi connectivity index (χ3n) is 5.73. The number of aromatic nitrogens is 2. The third-order valence-corrected chi connectivity index (χ3v) is 5.73. The number of carbonyl (C=O) groups excluding carboxylic acids is 1. The second kappa shape index (κ2) is 7.80. The molecule has 1 saturated heterocycles. The number of carbonyl (C=O) groups is 1. The van der Waals surface area contributed by atoms with Crippen LogP contribution in [-0.2, 0) is 26.4 Å². The topological polar surface area (TPSA) is 50.2 Å². The monoisotopic (exact) mass is 370 g/mol. The van der Waals surface area contributed by atoms with Crippen molar-refractivity contribution < 1.29 is 9.18 Å². The summed E-state index contributed by atoms with van der Waals surface area (Å²) in [6.07, 6.45) is 6.15. The maximum Gasteiger partial charge on any atom is 0.270 e. The van der Waals surface area contributed by atoms with Gasteiger partial charge >= 0.3 is 0 Å². The Morgan fingerprint density at radius 1 is 1.26 bits per heavy atom. The van der Waals surface area contributed by atoms with Crippen LogP contribution >= 0.6 is 0 Å². The fourth-order valence-electron chi connectivity index (χ4n) is 4.40. The molecule has 0 bridgehead atoms. The van der Waals surface area contributed by atoms with Crippen LogP contribution < -0.4 is 5.32 Å². The summed E-state index contributed by atoms with van der Waals surface area (Å²) in [6, 6.07) is 7.01. The van der Waals surface area contributed by atoms with Crippen LogP contribution in [0.15, 0.2) is 24.3 Å². The molecule has 1 aromatic heterocycles. The summed E-state index contributed by atoms with van der Waals surface area (Å²) in [6.45, 7) is 2.27. The lowest BCUT2D eigenvalue weighted by Crippen LogP contribution is -2.47. The standard InChI is InChI=1S/C21H27FN4O/c1-25-20(17-9-3-5-11-19(17)24-25)21(27)23-16-8-6-12-26(14-16)13-15-7-2-4-10-18(15)22/h2,4,7,10,16H,3,5-6,8-9,11-14H2,1H3,(H,23,27). The van der Waals surface area contributed by atoms with Crippen molar-refractivity contribution in [3.05, 3.63) is 52.6 Å². The predicted molar refractivity (Wildman–Crippen MR) is 102 cm³/mol. The van der Waals surface area contributed by atoms with Crippen LogP contribution in [0.2, 0.25) is 0 Å². The van der Waals surface area contributed by atoms with Crippen LogP contribution in [0.1, 0.15) is 53.0 Å². The third kappa shape index (κ3) is 3.90. The molecule has 144 valence electrons. The second-order valence-electron chi connectivity index (χ2n) is 7.74. The van der Waals surface area contributed by atoms with E-state index in [9.17, 15) is 9.18 Å². The zero-order valence-electron chi connectivity index (χ0n) is 15.9. The van der Waals surface area contributed by atoms with Gasteiger partial charge in [0.25, 0.3) is 5.91 Å². The van der Waals surface area contributed by atoms with Crippen LogP contribution in [0.5, 0.6) is 0 Å². The molecule has 1 unspecified atom stereocenters. The summed E-state index contributed by atoms with van der Waals surface area (Å²) in [7, 11) is 1.86. The van der Waals surface area contributed by atoms with Crippen molar-refractivity contribution in [2.75, 3.05) is 13.1 Å². The van der Waals surface area contributed by atoms with Crippen molar-refractivity contribution in [1.29, 1.82) is 0 Å². The average Bonchev–Trinajstić information content (AvgIpc) is 3.00. The van der Waals surface area contributed by atoms with Gasteiger partial charge in [0.05, 0.1) is 5.69 Å². The number of fused-ring (bicyclic) bond motifs is 1. The fraction of sp³-hybridized carbons (Fsp3) is 0.524. The first kappa shape index (κ1) is 18.2. The number of hydrogen-bond donors (Lipinski definition) is 1. The second-order valence-corrected chi connectivity index (χ2v) is 7.74. The van der Waals surface area contributed by atoms with E-state index in [2.05, 4.69) is 15.3 Å². The molecular weight excluding hydrogens is 343 g/mol. The van der Waals surface area contributed by atoms with E-state index in [1.165, 1.54) is 6.07 Å². The number of aryl methyl sites for hydroxylation is 2. The van der Waals surface area contributed by atoms with Crippen molar-refractivity contribution >= 4 is 5.91 Å². The predicted octanol–water partition coefficient (Wildman–Crippen LogP) is 2.83. The molecule has 1 atom stereocenters. The number of rotatable bonds is 4. The first-order valence-corrected chi connectivity index (χ1v) is 9.93. The van der Waals surface area contributed by atoms with Gasteiger partial charge in [0, 0.05) is 37.3 Å². The first-order valence-electron chi connectivity index (χ1n) is 9.93. The van der Waals surface area contributed by atoms with E-state index in [0.29, 0.717) is 12.1 Å². The first-order chi connectivity index (χ1) is 13.1. The number of likely N-dealkylation sites (tertiary alicyclic amines) is 1. The number of nitrogens with zero attached hydrogens (tertiary/aromatic N) is 3. The Hall–Kier alpha value is -2.21. The van der Waals surface area contributed by atoms with E-state index in [1.54, 1.807) is 10.7 Å². The molecule has 2 aliphatic rings. The van der Waals surface area contributed by atoms with E-state index in [4.69, 9.17) is 0 Å². The minimum Gasteiger partial charge on any atom is -0.347 e. The number of nitrogens with one attached hydrogen (secondary N) is 1. The van der Waals surface area contributed by atoms with Crippen molar-refractivity contribution in [1.82, 2.24) is 20.0 Å². The molecule has 1 aromatic carbocycles.